The molecular formula is C32H45N7O. The number of rotatable bonds is 14. The second kappa shape index (κ2) is 13.6. The Kier molecular flexibility index (Phi) is 9.96. The minimum absolute atomic E-state index is 0.101. The molecule has 0 fully saturated rings. The van der Waals surface area contributed by atoms with Crippen molar-refractivity contribution in [2.24, 2.45) is 11.8 Å². The summed E-state index contributed by atoms with van der Waals surface area (Å²) in [7, 11) is 0. The molecule has 0 spiro atoms. The van der Waals surface area contributed by atoms with E-state index in [-0.39, 0.29) is 11.9 Å². The van der Waals surface area contributed by atoms with Gasteiger partial charge in [-0.2, -0.15) is 15.0 Å². The third-order valence-electron chi connectivity index (χ3n) is 7.29. The molecule has 4 N–H and O–H groups in total. The van der Waals surface area contributed by atoms with Gasteiger partial charge in [-0.3, -0.25) is 0 Å². The zero-order valence-electron chi connectivity index (χ0n) is 24.8. The normalized spacial score (nSPS) is 11.7. The van der Waals surface area contributed by atoms with E-state index >= 15 is 0 Å². The van der Waals surface area contributed by atoms with E-state index in [1.165, 1.54) is 17.5 Å². The summed E-state index contributed by atoms with van der Waals surface area (Å²) in [5, 5.41) is 0. The molecule has 2 heterocycles. The van der Waals surface area contributed by atoms with Crippen molar-refractivity contribution in [2.75, 3.05) is 22.9 Å². The maximum Gasteiger partial charge on any atom is 0.236 e. The largest absolute Gasteiger partial charge is 0.436 e. The van der Waals surface area contributed by atoms with E-state index in [1.54, 1.807) is 0 Å². The third kappa shape index (κ3) is 7.29. The average Bonchev–Trinajstić information content (AvgIpc) is 3.34. The highest BCUT2D eigenvalue weighted by molar-refractivity contribution is 5.84. The van der Waals surface area contributed by atoms with E-state index in [1.807, 2.05) is 24.3 Å². The Morgan fingerprint density at radius 1 is 0.800 bits per heavy atom. The van der Waals surface area contributed by atoms with Crippen LogP contribution in [-0.4, -0.2) is 26.5 Å². The summed E-state index contributed by atoms with van der Waals surface area (Å²) >= 11 is 0. The molecule has 0 saturated carbocycles. The number of nitrogen functional groups attached to an aromatic ring is 2. The number of hydrogen-bond acceptors (Lipinski definition) is 8. The van der Waals surface area contributed by atoms with Gasteiger partial charge in [-0.1, -0.05) is 72.1 Å². The lowest BCUT2D eigenvalue weighted by Crippen LogP contribution is -2.23. The Bertz CT molecular complexity index is 1380. The molecule has 4 rings (SSSR count). The molecule has 0 aliphatic carbocycles. The molecule has 0 radical (unpaired) electrons. The van der Waals surface area contributed by atoms with Gasteiger partial charge in [0.25, 0.3) is 0 Å². The van der Waals surface area contributed by atoms with Gasteiger partial charge in [0.05, 0.1) is 11.3 Å². The molecule has 40 heavy (non-hydrogen) atoms. The number of hydrogen-bond donors (Lipinski definition) is 2. The Balaban J connectivity index is 1.79. The minimum Gasteiger partial charge on any atom is -0.436 e. The number of aromatic nitrogens is 4. The van der Waals surface area contributed by atoms with Crippen LogP contribution in [0.5, 0.6) is 0 Å². The van der Waals surface area contributed by atoms with Crippen LogP contribution in [0.3, 0.4) is 0 Å². The summed E-state index contributed by atoms with van der Waals surface area (Å²) in [6.07, 6.45) is 8.70. The van der Waals surface area contributed by atoms with Gasteiger partial charge in [0, 0.05) is 6.54 Å². The van der Waals surface area contributed by atoms with Crippen LogP contribution in [0.25, 0.3) is 22.6 Å². The smallest absolute Gasteiger partial charge is 0.236 e. The molecule has 0 atom stereocenters. The number of anilines is 4. The predicted molar refractivity (Wildman–Crippen MR) is 166 cm³/mol. The van der Waals surface area contributed by atoms with Crippen LogP contribution in [0, 0.1) is 11.8 Å². The Labute approximate surface area is 238 Å². The van der Waals surface area contributed by atoms with Crippen LogP contribution in [0.15, 0.2) is 40.8 Å². The highest BCUT2D eigenvalue weighted by Crippen LogP contribution is 2.37. The fourth-order valence-electron chi connectivity index (χ4n) is 5.03. The van der Waals surface area contributed by atoms with Crippen molar-refractivity contribution < 1.29 is 4.42 Å². The van der Waals surface area contributed by atoms with Crippen molar-refractivity contribution in [1.29, 1.82) is 0 Å². The van der Waals surface area contributed by atoms with Gasteiger partial charge in [0.1, 0.15) is 5.52 Å². The number of unbranched alkanes of at least 4 members (excludes halogenated alkanes) is 3. The second-order valence-corrected chi connectivity index (χ2v) is 11.5. The lowest BCUT2D eigenvalue weighted by molar-refractivity contribution is 0.572. The van der Waals surface area contributed by atoms with E-state index in [0.717, 1.165) is 67.3 Å². The van der Waals surface area contributed by atoms with Crippen LogP contribution in [0.1, 0.15) is 84.3 Å². The number of nitrogens with zero attached hydrogens (tertiary/aromatic N) is 5. The maximum atomic E-state index is 6.46. The first-order valence-corrected chi connectivity index (χ1v) is 14.8. The molecule has 0 unspecified atom stereocenters. The van der Waals surface area contributed by atoms with Gasteiger partial charge >= 0.3 is 0 Å². The fourth-order valence-corrected chi connectivity index (χ4v) is 5.03. The van der Waals surface area contributed by atoms with Crippen molar-refractivity contribution in [1.82, 2.24) is 19.9 Å². The Morgan fingerprint density at radius 2 is 1.50 bits per heavy atom. The third-order valence-corrected chi connectivity index (χ3v) is 7.29. The van der Waals surface area contributed by atoms with Gasteiger partial charge in [0.15, 0.2) is 5.58 Å². The van der Waals surface area contributed by atoms with Gasteiger partial charge in [-0.25, -0.2) is 4.98 Å². The molecule has 0 bridgehead atoms. The number of aryl methyl sites for hydroxylation is 2. The molecule has 4 aromatic rings. The number of nitrogens with two attached hydrogens (primary N) is 2. The quantitative estimate of drug-likeness (QED) is 0.155. The molecule has 0 aliphatic heterocycles. The molecule has 8 heteroatoms. The molecule has 2 aromatic heterocycles. The standard InChI is InChI=1S/C32H45N7O/c1-6-7-8-11-20-39(32-37-30(33)36-31(34)38-32)26-13-10-9-12-25(26)29-35-28-24(18-15-22(4)5)23(16-14-21(2)3)17-19-27(28)40-29/h9-10,12-13,17,19,21-22H,6-8,11,14-16,18,20H2,1-5H3,(H4,33,34,36,37,38). The Hall–Kier alpha value is -3.68. The first-order valence-electron chi connectivity index (χ1n) is 14.8. The molecule has 2 aromatic carbocycles. The van der Waals surface area contributed by atoms with E-state index in [4.69, 9.17) is 20.9 Å². The average molecular weight is 544 g/mol. The minimum atomic E-state index is 0.101. The van der Waals surface area contributed by atoms with Crippen LogP contribution >= 0.6 is 0 Å². The molecule has 0 amide bonds. The number of para-hydroxylation sites is 1. The van der Waals surface area contributed by atoms with Gasteiger partial charge in [-0.05, 0) is 73.3 Å². The molecule has 214 valence electrons. The number of fused-ring (bicyclic) bond motifs is 1. The van der Waals surface area contributed by atoms with Crippen molar-refractivity contribution in [3.8, 4) is 11.5 Å². The summed E-state index contributed by atoms with van der Waals surface area (Å²) in [6.45, 7) is 12.0. The fraction of sp³-hybridized carbons (Fsp3) is 0.500. The molecule has 0 saturated heterocycles. The monoisotopic (exact) mass is 543 g/mol. The van der Waals surface area contributed by atoms with E-state index < -0.39 is 0 Å². The van der Waals surface area contributed by atoms with Crippen molar-refractivity contribution in [3.05, 3.63) is 47.5 Å². The van der Waals surface area contributed by atoms with Crippen LogP contribution in [-0.2, 0) is 12.8 Å². The number of benzene rings is 2. The summed E-state index contributed by atoms with van der Waals surface area (Å²) in [6, 6.07) is 12.4. The van der Waals surface area contributed by atoms with E-state index in [0.29, 0.717) is 30.2 Å². The van der Waals surface area contributed by atoms with E-state index in [9.17, 15) is 0 Å². The molecule has 8 nitrogen and oxygen atoms in total. The first-order chi connectivity index (χ1) is 19.3. The lowest BCUT2D eigenvalue weighted by atomic mass is 9.93. The molecule has 0 aliphatic rings. The molecular weight excluding hydrogens is 498 g/mol. The second-order valence-electron chi connectivity index (χ2n) is 11.5. The summed E-state index contributed by atoms with van der Waals surface area (Å²) < 4.78 is 6.46. The van der Waals surface area contributed by atoms with Crippen molar-refractivity contribution >= 4 is 34.6 Å². The summed E-state index contributed by atoms with van der Waals surface area (Å²) in [5.41, 5.74) is 18.2. The zero-order valence-corrected chi connectivity index (χ0v) is 24.8. The predicted octanol–water partition coefficient (Wildman–Crippen LogP) is 7.74. The van der Waals surface area contributed by atoms with Crippen LogP contribution < -0.4 is 16.4 Å². The van der Waals surface area contributed by atoms with Crippen LogP contribution in [0.4, 0.5) is 23.5 Å². The SMILES string of the molecule is CCCCCCN(c1nc(N)nc(N)n1)c1ccccc1-c1nc2c(CCC(C)C)c(CCC(C)C)ccc2o1. The zero-order chi connectivity index (χ0) is 28.6. The summed E-state index contributed by atoms with van der Waals surface area (Å²) in [4.78, 5) is 20.0. The van der Waals surface area contributed by atoms with Crippen LogP contribution in [0.2, 0.25) is 0 Å². The lowest BCUT2D eigenvalue weighted by Gasteiger charge is -2.24. The Morgan fingerprint density at radius 3 is 2.20 bits per heavy atom. The van der Waals surface area contributed by atoms with Crippen molar-refractivity contribution in [2.45, 2.75) is 86.0 Å². The van der Waals surface area contributed by atoms with Gasteiger partial charge < -0.3 is 20.8 Å². The maximum absolute atomic E-state index is 6.46. The van der Waals surface area contributed by atoms with Crippen molar-refractivity contribution in [3.63, 3.8) is 0 Å². The highest BCUT2D eigenvalue weighted by atomic mass is 16.3. The number of oxazole rings is 1. The van der Waals surface area contributed by atoms with E-state index in [2.05, 4.69) is 66.6 Å². The summed E-state index contributed by atoms with van der Waals surface area (Å²) in [5.74, 6) is 2.48. The first kappa shape index (κ1) is 29.3. The topological polar surface area (TPSA) is 120 Å². The van der Waals surface area contributed by atoms with Gasteiger partial charge in [-0.15, -0.1) is 0 Å². The highest BCUT2D eigenvalue weighted by Gasteiger charge is 2.22. The van der Waals surface area contributed by atoms with Gasteiger partial charge in [0.2, 0.25) is 23.7 Å².